The average Bonchev–Trinajstić information content (AvgIpc) is 3.81. The summed E-state index contributed by atoms with van der Waals surface area (Å²) < 4.78 is 64.3. The maximum atomic E-state index is 14.7. The Bertz CT molecular complexity index is 2820. The van der Waals surface area contributed by atoms with Crippen molar-refractivity contribution in [3.05, 3.63) is 130 Å². The van der Waals surface area contributed by atoms with Gasteiger partial charge in [0, 0.05) is 13.8 Å². The second kappa shape index (κ2) is 24.5. The number of nitrogens with one attached hydrogen (secondary N) is 1. The molecule has 21 nitrogen and oxygen atoms in total. The number of ether oxygens (including phenoxy) is 11. The Labute approximate surface area is 460 Å². The molecule has 25 heteroatoms. The summed E-state index contributed by atoms with van der Waals surface area (Å²) in [6, 6.07) is 21.4. The molecule has 1 N–H and O–H groups in total. The number of carbonyl (C=O) groups is 7. The van der Waals surface area contributed by atoms with E-state index in [-0.39, 0.29) is 35.5 Å². The fourth-order valence-corrected chi connectivity index (χ4v) is 9.47. The van der Waals surface area contributed by atoms with Gasteiger partial charge in [0.1, 0.15) is 47.8 Å². The number of nitrogens with zero attached hydrogens (tertiary/aromatic N) is 2. The normalized spacial score (nSPS) is 24.9. The fraction of sp³-hybridized carbons (Fsp3) is 0.385. The van der Waals surface area contributed by atoms with Crippen molar-refractivity contribution >= 4 is 93.8 Å². The molecule has 0 spiro atoms. The smallest absolute Gasteiger partial charge is 0.321 e. The predicted molar refractivity (Wildman–Crippen MR) is 270 cm³/mol. The van der Waals surface area contributed by atoms with Gasteiger partial charge in [-0.1, -0.05) is 83.3 Å². The molecular weight excluding hydrogens is 1100 g/mol. The van der Waals surface area contributed by atoms with Crippen LogP contribution >= 0.6 is 46.4 Å². The number of esters is 3. The van der Waals surface area contributed by atoms with Crippen molar-refractivity contribution < 1.29 is 85.7 Å². The molecule has 4 amide bonds. The Morgan fingerprint density at radius 3 is 1.34 bits per heavy atom. The van der Waals surface area contributed by atoms with E-state index >= 15 is 0 Å². The van der Waals surface area contributed by atoms with Crippen molar-refractivity contribution in [1.82, 2.24) is 9.80 Å². The van der Waals surface area contributed by atoms with Crippen LogP contribution in [0.25, 0.3) is 0 Å². The van der Waals surface area contributed by atoms with Crippen molar-refractivity contribution in [2.24, 2.45) is 0 Å². The molecule has 4 aliphatic heterocycles. The molecule has 4 aliphatic rings. The average molecular weight is 1150 g/mol. The molecule has 2 saturated heterocycles. The molecule has 4 aromatic carbocycles. The lowest BCUT2D eigenvalue weighted by Crippen LogP contribution is -2.71. The minimum absolute atomic E-state index is 0.0669. The van der Waals surface area contributed by atoms with Gasteiger partial charge in [-0.05, 0) is 59.7 Å². The van der Waals surface area contributed by atoms with Gasteiger partial charge in [0.2, 0.25) is 12.2 Å². The number of amides is 4. The number of hydrogen-bond donors (Lipinski definition) is 1. The van der Waals surface area contributed by atoms with Gasteiger partial charge in [0.15, 0.2) is 24.6 Å². The van der Waals surface area contributed by atoms with Crippen molar-refractivity contribution in [3.8, 4) is 11.5 Å². The van der Waals surface area contributed by atoms with Gasteiger partial charge in [-0.3, -0.25) is 48.8 Å². The van der Waals surface area contributed by atoms with Crippen molar-refractivity contribution in [1.29, 1.82) is 5.41 Å². The predicted octanol–water partition coefficient (Wildman–Crippen LogP) is 5.98. The Morgan fingerprint density at radius 1 is 0.558 bits per heavy atom. The minimum atomic E-state index is -2.56. The summed E-state index contributed by atoms with van der Waals surface area (Å²) in [4.78, 5) is 99.9. The van der Waals surface area contributed by atoms with Gasteiger partial charge in [-0.25, -0.2) is 0 Å². The van der Waals surface area contributed by atoms with Crippen LogP contribution in [0.4, 0.5) is 0 Å². The van der Waals surface area contributed by atoms with Crippen LogP contribution in [0.2, 0.25) is 0 Å². The van der Waals surface area contributed by atoms with Crippen LogP contribution in [-0.4, -0.2) is 156 Å². The lowest BCUT2D eigenvalue weighted by molar-refractivity contribution is -0.338. The number of methoxy groups -OCH3 is 2. The number of carbonyl (C=O) groups excluding carboxylic acids is 7. The van der Waals surface area contributed by atoms with Crippen LogP contribution in [-0.2, 0) is 70.2 Å². The highest BCUT2D eigenvalue weighted by Crippen LogP contribution is 2.41. The number of alkyl halides is 4. The van der Waals surface area contributed by atoms with Gasteiger partial charge in [0.05, 0.1) is 62.9 Å². The summed E-state index contributed by atoms with van der Waals surface area (Å²) in [5, 5.41) is 8.65. The van der Waals surface area contributed by atoms with E-state index in [1.54, 1.807) is 48.5 Å². The first-order valence-corrected chi connectivity index (χ1v) is 25.2. The molecule has 2 fully saturated rings. The first kappa shape index (κ1) is 56.8. The molecule has 0 radical (unpaired) electrons. The summed E-state index contributed by atoms with van der Waals surface area (Å²) in [6.07, 6.45) is -14.4. The second-order valence-corrected chi connectivity index (χ2v) is 20.2. The first-order chi connectivity index (χ1) is 36.8. The largest absolute Gasteiger partial charge is 0.497 e. The number of rotatable bonds is 19. The summed E-state index contributed by atoms with van der Waals surface area (Å²) in [7, 11) is 3.00. The second-order valence-electron chi connectivity index (χ2n) is 17.6. The van der Waals surface area contributed by atoms with Crippen molar-refractivity contribution in [2.75, 3.05) is 33.3 Å². The lowest BCUT2D eigenvalue weighted by Gasteiger charge is -2.51. The molecule has 77 heavy (non-hydrogen) atoms. The molecule has 8 rings (SSSR count). The zero-order chi connectivity index (χ0) is 55.3. The van der Waals surface area contributed by atoms with E-state index < -0.39 is 132 Å². The summed E-state index contributed by atoms with van der Waals surface area (Å²) in [5.74, 6) is -7.35. The Balaban J connectivity index is 1.28. The SMILES string of the molecule is COc1ccc(COC[C@H]2O[C@@H](O[C@H]3[C@H](OC(C)=O)[C@@H](N4C(=O)c5ccccc5C4=O)[C@H](OC(=N)C(Cl)(Cl)Cl)O[C@@H]3COCc3ccc(OC)cc3)[C@H](N3C(=O)c4ccccc4C3=O)[C@@H](OC(C)=O)[C@@H]2OC(=O)CCl)cc1. The first-order valence-electron chi connectivity index (χ1n) is 23.6. The minimum Gasteiger partial charge on any atom is -0.497 e. The van der Waals surface area contributed by atoms with Gasteiger partial charge in [-0.2, -0.15) is 0 Å². The van der Waals surface area contributed by atoms with Gasteiger partial charge in [-0.15, -0.1) is 11.6 Å². The summed E-state index contributed by atoms with van der Waals surface area (Å²) in [5.41, 5.74) is 1.01. The Hall–Kier alpha value is -6.40. The van der Waals surface area contributed by atoms with E-state index in [2.05, 4.69) is 0 Å². The summed E-state index contributed by atoms with van der Waals surface area (Å²) in [6.45, 7) is 0.878. The third-order valence-corrected chi connectivity index (χ3v) is 13.4. The Kier molecular flexibility index (Phi) is 18.1. The topological polar surface area (TPSA) is 251 Å². The molecular formula is C52H49Cl4N3O18. The Morgan fingerprint density at radius 2 is 0.948 bits per heavy atom. The number of halogens is 4. The number of benzene rings is 4. The van der Waals surface area contributed by atoms with E-state index in [0.717, 1.165) is 13.8 Å². The highest BCUT2D eigenvalue weighted by atomic mass is 35.6. The van der Waals surface area contributed by atoms with E-state index in [4.69, 9.17) is 104 Å². The molecule has 4 heterocycles. The van der Waals surface area contributed by atoms with E-state index in [9.17, 15) is 33.6 Å². The third kappa shape index (κ3) is 12.5. The lowest BCUT2D eigenvalue weighted by atomic mass is 9.92. The van der Waals surface area contributed by atoms with Crippen LogP contribution in [0.5, 0.6) is 11.5 Å². The molecule has 4 aromatic rings. The number of fused-ring (bicyclic) bond motifs is 2. The maximum absolute atomic E-state index is 14.7. The van der Waals surface area contributed by atoms with Gasteiger partial charge >= 0.3 is 17.9 Å². The van der Waals surface area contributed by atoms with Crippen molar-refractivity contribution in [3.63, 3.8) is 0 Å². The third-order valence-electron chi connectivity index (χ3n) is 12.7. The monoisotopic (exact) mass is 1140 g/mol. The van der Waals surface area contributed by atoms with Crippen LogP contribution in [0, 0.1) is 5.41 Å². The zero-order valence-electron chi connectivity index (χ0n) is 41.3. The molecule has 10 atom stereocenters. The molecule has 0 bridgehead atoms. The van der Waals surface area contributed by atoms with E-state index in [1.807, 2.05) is 0 Å². The standard InChI is InChI=1S/C52H49Cl4N3O18/c1-26(60)71-43-39(58-45(63)32-9-5-6-10-33(32)46(58)64)49(73-36(41(43)75-38(62)21-53)24-69-22-28-13-17-30(67-3)18-14-28)76-42-37(25-70-23-29-15-19-31(68-4)20-16-29)74-50(77-51(57)52(54,55)56)40(44(42)72-27(2)61)59-47(65)34-11-7-8-12-35(34)48(59)66/h5-20,36-37,39-44,49-50,57H,21-25H2,1-4H3/t36-,37-,39-,40-,41-,42-,43-,44-,49+,50+/m1/s1. The fourth-order valence-electron chi connectivity index (χ4n) is 9.27. The quantitative estimate of drug-likeness (QED) is 0.0283. The van der Waals surface area contributed by atoms with Crippen molar-refractivity contribution in [2.45, 2.75) is 92.1 Å². The van der Waals surface area contributed by atoms with E-state index in [0.29, 0.717) is 32.4 Å². The van der Waals surface area contributed by atoms with Crippen LogP contribution < -0.4 is 9.47 Å². The van der Waals surface area contributed by atoms with Gasteiger partial charge in [0.25, 0.3) is 27.4 Å². The summed E-state index contributed by atoms with van der Waals surface area (Å²) >= 11 is 24.4. The maximum Gasteiger partial charge on any atom is 0.321 e. The van der Waals surface area contributed by atoms with Crippen LogP contribution in [0.15, 0.2) is 97.1 Å². The molecule has 0 aromatic heterocycles. The highest BCUT2D eigenvalue weighted by molar-refractivity contribution is 6.76. The van der Waals surface area contributed by atoms with Crippen LogP contribution in [0.1, 0.15) is 66.4 Å². The number of imide groups is 2. The molecule has 408 valence electrons. The molecule has 0 saturated carbocycles. The van der Waals surface area contributed by atoms with Gasteiger partial charge < -0.3 is 52.1 Å². The number of hydrogen-bond acceptors (Lipinski definition) is 19. The van der Waals surface area contributed by atoms with Crippen LogP contribution in [0.3, 0.4) is 0 Å². The zero-order valence-corrected chi connectivity index (χ0v) is 44.3. The molecule has 0 unspecified atom stereocenters. The van der Waals surface area contributed by atoms with E-state index in [1.165, 1.54) is 62.8 Å². The molecule has 0 aliphatic carbocycles. The highest BCUT2D eigenvalue weighted by Gasteiger charge is 2.62.